The minimum absolute atomic E-state index is 0.0259. The van der Waals surface area contributed by atoms with Gasteiger partial charge in [0.05, 0.1) is 17.4 Å². The van der Waals surface area contributed by atoms with Gasteiger partial charge in [-0.1, -0.05) is 37.6 Å². The minimum atomic E-state index is -4.98. The van der Waals surface area contributed by atoms with E-state index >= 15 is 0 Å². The molecule has 0 amide bonds. The van der Waals surface area contributed by atoms with Crippen LogP contribution in [0, 0.1) is 0 Å². The smallest absolute Gasteiger partial charge is 0.418 e. The second-order valence-corrected chi connectivity index (χ2v) is 8.86. The number of pyridine rings is 2. The summed E-state index contributed by atoms with van der Waals surface area (Å²) in [5.41, 5.74) is -4.16. The lowest BCUT2D eigenvalue weighted by Crippen LogP contribution is -2.52. The Kier molecular flexibility index (Phi) is 5.37. The monoisotopic (exact) mass is 468 g/mol. The zero-order chi connectivity index (χ0) is 23.3. The van der Waals surface area contributed by atoms with E-state index in [4.69, 9.17) is 21.1 Å². The van der Waals surface area contributed by atoms with Gasteiger partial charge in [-0.2, -0.15) is 13.2 Å². The van der Waals surface area contributed by atoms with Crippen molar-refractivity contribution in [1.82, 2.24) is 9.55 Å². The summed E-state index contributed by atoms with van der Waals surface area (Å²) in [6.45, 7) is 2.30. The maximum atomic E-state index is 14.3. The van der Waals surface area contributed by atoms with Crippen LogP contribution in [0.2, 0.25) is 5.02 Å². The highest BCUT2D eigenvalue weighted by Gasteiger charge is 2.56. The molecule has 170 valence electrons. The molecule has 0 radical (unpaired) electrons. The number of ether oxygens (including phenoxy) is 2. The number of benzene rings is 1. The van der Waals surface area contributed by atoms with Gasteiger partial charge in [0, 0.05) is 24.2 Å². The number of halogens is 4. The Bertz CT molecular complexity index is 1240. The third kappa shape index (κ3) is 3.80. The predicted molar refractivity (Wildman–Crippen MR) is 112 cm³/mol. The highest BCUT2D eigenvalue weighted by atomic mass is 35.5. The lowest BCUT2D eigenvalue weighted by atomic mass is 9.74. The Labute approximate surface area is 186 Å². The van der Waals surface area contributed by atoms with Crippen LogP contribution in [-0.2, 0) is 12.0 Å². The molecule has 1 N–H and O–H groups in total. The minimum Gasteiger partial charge on any atom is -0.454 e. The zero-order valence-corrected chi connectivity index (χ0v) is 18.0. The van der Waals surface area contributed by atoms with Gasteiger partial charge in [0.1, 0.15) is 5.02 Å². The van der Waals surface area contributed by atoms with Gasteiger partial charge in [-0.05, 0) is 24.0 Å². The number of aliphatic hydroxyl groups is 1. The second-order valence-electron chi connectivity index (χ2n) is 8.46. The highest BCUT2D eigenvalue weighted by molar-refractivity contribution is 6.31. The van der Waals surface area contributed by atoms with Crippen LogP contribution in [-0.4, -0.2) is 33.2 Å². The molecule has 2 aromatic heterocycles. The van der Waals surface area contributed by atoms with Crippen LogP contribution in [0.1, 0.15) is 25.8 Å². The molecule has 4 rings (SSSR count). The van der Waals surface area contributed by atoms with Crippen LogP contribution in [0.4, 0.5) is 13.2 Å². The van der Waals surface area contributed by atoms with Gasteiger partial charge in [-0.3, -0.25) is 9.78 Å². The van der Waals surface area contributed by atoms with Crippen LogP contribution in [0.3, 0.4) is 0 Å². The fourth-order valence-electron chi connectivity index (χ4n) is 4.15. The molecule has 0 bridgehead atoms. The van der Waals surface area contributed by atoms with Crippen molar-refractivity contribution in [3.05, 3.63) is 63.7 Å². The molecular weight excluding hydrogens is 449 g/mol. The van der Waals surface area contributed by atoms with Gasteiger partial charge in [0.25, 0.3) is 0 Å². The van der Waals surface area contributed by atoms with E-state index in [9.17, 15) is 23.1 Å². The lowest BCUT2D eigenvalue weighted by molar-refractivity contribution is -0.271. The third-order valence-corrected chi connectivity index (χ3v) is 5.93. The largest absolute Gasteiger partial charge is 0.454 e. The maximum absolute atomic E-state index is 14.3. The van der Waals surface area contributed by atoms with E-state index in [1.807, 2.05) is 0 Å². The number of nitrogens with zero attached hydrogens (tertiary/aromatic N) is 2. The first kappa shape index (κ1) is 22.4. The molecule has 32 heavy (non-hydrogen) atoms. The summed E-state index contributed by atoms with van der Waals surface area (Å²) in [6.07, 6.45) is -1.96. The summed E-state index contributed by atoms with van der Waals surface area (Å²) in [4.78, 5) is 16.1. The van der Waals surface area contributed by atoms with Gasteiger partial charge in [-0.25, -0.2) is 0 Å². The van der Waals surface area contributed by atoms with Gasteiger partial charge >= 0.3 is 6.18 Å². The summed E-state index contributed by atoms with van der Waals surface area (Å²) >= 11 is 5.97. The molecule has 0 saturated heterocycles. The zero-order valence-electron chi connectivity index (χ0n) is 17.2. The van der Waals surface area contributed by atoms with E-state index in [-0.39, 0.29) is 22.7 Å². The number of hydrogen-bond acceptors (Lipinski definition) is 5. The van der Waals surface area contributed by atoms with Gasteiger partial charge in [0.2, 0.25) is 12.2 Å². The summed E-state index contributed by atoms with van der Waals surface area (Å²) in [5.74, 6) is 0.807. The molecule has 10 heteroatoms. The molecule has 3 aromatic rings. The van der Waals surface area contributed by atoms with Crippen molar-refractivity contribution in [3.8, 4) is 11.5 Å². The molecule has 0 aliphatic carbocycles. The third-order valence-electron chi connectivity index (χ3n) is 5.66. The topological polar surface area (TPSA) is 73.6 Å². The van der Waals surface area contributed by atoms with E-state index in [2.05, 4.69) is 4.98 Å². The molecule has 0 fully saturated rings. The number of alkyl halides is 3. The van der Waals surface area contributed by atoms with Gasteiger partial charge in [0.15, 0.2) is 17.1 Å². The second kappa shape index (κ2) is 7.67. The highest BCUT2D eigenvalue weighted by Crippen LogP contribution is 2.47. The van der Waals surface area contributed by atoms with Gasteiger partial charge in [-0.15, -0.1) is 0 Å². The van der Waals surface area contributed by atoms with Crippen LogP contribution >= 0.6 is 11.6 Å². The molecular formula is C22H20ClF3N2O4. The molecule has 3 heterocycles. The molecule has 6 nitrogen and oxygen atoms in total. The Morgan fingerprint density at radius 1 is 1.22 bits per heavy atom. The van der Waals surface area contributed by atoms with Crippen LogP contribution in [0.5, 0.6) is 11.5 Å². The Morgan fingerprint density at radius 3 is 2.69 bits per heavy atom. The Hall–Kier alpha value is -2.78. The standard InChI is InChI=1S/C22H20ClF3N2O4/c1-20(2,14-4-3-5-17-19(14)32-12-31-17)10-21(30,22(24,25)26)11-28-9-15(23)18(29)13-8-27-7-6-16(13)28/h3-9,30H,10-12H2,1-2H3. The SMILES string of the molecule is CC(C)(CC(O)(Cn1cc(Cl)c(=O)c2cnccc21)C(F)(F)F)c1cccc2c1OCO2. The van der Waals surface area contributed by atoms with E-state index in [1.54, 1.807) is 32.0 Å². The van der Waals surface area contributed by atoms with E-state index < -0.39 is 35.6 Å². The predicted octanol–water partition coefficient (Wildman–Crippen LogP) is 4.44. The molecule has 1 aliphatic rings. The number of para-hydroxylation sites is 1. The van der Waals surface area contributed by atoms with E-state index in [0.717, 1.165) is 10.8 Å². The van der Waals surface area contributed by atoms with Crippen molar-refractivity contribution in [3.63, 3.8) is 0 Å². The molecule has 0 saturated carbocycles. The van der Waals surface area contributed by atoms with Crippen molar-refractivity contribution < 1.29 is 27.8 Å². The van der Waals surface area contributed by atoms with E-state index in [1.165, 1.54) is 18.5 Å². The van der Waals surface area contributed by atoms with E-state index in [0.29, 0.717) is 17.1 Å². The van der Waals surface area contributed by atoms with Crippen molar-refractivity contribution in [2.24, 2.45) is 0 Å². The van der Waals surface area contributed by atoms with Crippen molar-refractivity contribution >= 4 is 22.5 Å². The first-order chi connectivity index (χ1) is 14.9. The first-order valence-corrected chi connectivity index (χ1v) is 10.1. The fourth-order valence-corrected chi connectivity index (χ4v) is 4.37. The molecule has 0 spiro atoms. The average molecular weight is 469 g/mol. The average Bonchev–Trinajstić information content (AvgIpc) is 3.19. The normalized spacial score (nSPS) is 15.7. The summed E-state index contributed by atoms with van der Waals surface area (Å²) in [6, 6.07) is 6.39. The lowest BCUT2D eigenvalue weighted by Gasteiger charge is -2.38. The number of fused-ring (bicyclic) bond motifs is 2. The van der Waals surface area contributed by atoms with Crippen molar-refractivity contribution in [2.45, 2.75) is 44.0 Å². The van der Waals surface area contributed by atoms with Gasteiger partial charge < -0.3 is 19.1 Å². The molecule has 1 atom stereocenters. The summed E-state index contributed by atoms with van der Waals surface area (Å²) < 4.78 is 54.7. The molecule has 1 aromatic carbocycles. The van der Waals surface area contributed by atoms with Crippen LogP contribution in [0.15, 0.2) is 47.7 Å². The Balaban J connectivity index is 1.78. The maximum Gasteiger partial charge on any atom is 0.418 e. The number of rotatable bonds is 5. The summed E-state index contributed by atoms with van der Waals surface area (Å²) in [5, 5.41) is 10.8. The van der Waals surface area contributed by atoms with Crippen molar-refractivity contribution in [2.75, 3.05) is 6.79 Å². The van der Waals surface area contributed by atoms with Crippen LogP contribution < -0.4 is 14.9 Å². The van der Waals surface area contributed by atoms with Crippen molar-refractivity contribution in [1.29, 1.82) is 0 Å². The fraction of sp³-hybridized carbons (Fsp3) is 0.364. The molecule has 1 aliphatic heterocycles. The first-order valence-electron chi connectivity index (χ1n) is 9.74. The molecule has 1 unspecified atom stereocenters. The van der Waals surface area contributed by atoms with Crippen LogP contribution in [0.25, 0.3) is 10.9 Å². The number of hydrogen-bond donors (Lipinski definition) is 1. The number of aromatic nitrogens is 2. The Morgan fingerprint density at radius 2 is 1.97 bits per heavy atom. The quantitative estimate of drug-likeness (QED) is 0.599. The summed E-state index contributed by atoms with van der Waals surface area (Å²) in [7, 11) is 0.